The quantitative estimate of drug-likeness (QED) is 0.802. The third-order valence-electron chi connectivity index (χ3n) is 3.29. The first-order valence-corrected chi connectivity index (χ1v) is 7.11. The van der Waals surface area contributed by atoms with Gasteiger partial charge < -0.3 is 4.90 Å². The standard InChI is InChI=1S/C18H21NO/c1-3-13-19(17-7-5-4-6-8-17)18(20)14-16-11-9-15(2)10-12-16/h4-12H,3,13-14H2,1-2H3. The number of benzene rings is 2. The van der Waals surface area contributed by atoms with Crippen molar-refractivity contribution in [2.45, 2.75) is 26.7 Å². The Balaban J connectivity index is 2.13. The van der Waals surface area contributed by atoms with Gasteiger partial charge in [0.2, 0.25) is 5.91 Å². The highest BCUT2D eigenvalue weighted by atomic mass is 16.2. The van der Waals surface area contributed by atoms with E-state index in [1.54, 1.807) is 0 Å². The van der Waals surface area contributed by atoms with Gasteiger partial charge >= 0.3 is 0 Å². The SMILES string of the molecule is CCCN(C(=O)Cc1ccc(C)cc1)c1ccccc1. The van der Waals surface area contributed by atoms with Crippen molar-refractivity contribution < 1.29 is 4.79 Å². The second kappa shape index (κ2) is 6.90. The van der Waals surface area contributed by atoms with Gasteiger partial charge in [-0.15, -0.1) is 0 Å². The molecule has 20 heavy (non-hydrogen) atoms. The molecule has 2 nitrogen and oxygen atoms in total. The molecule has 0 N–H and O–H groups in total. The molecule has 0 atom stereocenters. The fourth-order valence-corrected chi connectivity index (χ4v) is 2.21. The summed E-state index contributed by atoms with van der Waals surface area (Å²) in [5, 5.41) is 0. The van der Waals surface area contributed by atoms with E-state index in [1.165, 1.54) is 5.56 Å². The topological polar surface area (TPSA) is 20.3 Å². The average molecular weight is 267 g/mol. The summed E-state index contributed by atoms with van der Waals surface area (Å²) in [6.45, 7) is 4.91. The predicted molar refractivity (Wildman–Crippen MR) is 84.0 cm³/mol. The highest BCUT2D eigenvalue weighted by molar-refractivity contribution is 5.94. The van der Waals surface area contributed by atoms with Gasteiger partial charge in [0.1, 0.15) is 0 Å². The van der Waals surface area contributed by atoms with Crippen LogP contribution in [0.5, 0.6) is 0 Å². The van der Waals surface area contributed by atoms with Crippen LogP contribution in [-0.4, -0.2) is 12.5 Å². The fraction of sp³-hybridized carbons (Fsp3) is 0.278. The Labute approximate surface area is 121 Å². The molecule has 0 saturated carbocycles. The molecule has 0 aromatic heterocycles. The Kier molecular flexibility index (Phi) is 4.94. The van der Waals surface area contributed by atoms with E-state index in [0.29, 0.717) is 6.42 Å². The summed E-state index contributed by atoms with van der Waals surface area (Å²) < 4.78 is 0. The van der Waals surface area contributed by atoms with Crippen molar-refractivity contribution in [3.05, 3.63) is 65.7 Å². The van der Waals surface area contributed by atoms with Crippen molar-refractivity contribution >= 4 is 11.6 Å². The molecule has 0 heterocycles. The molecule has 2 heteroatoms. The van der Waals surface area contributed by atoms with E-state index >= 15 is 0 Å². The van der Waals surface area contributed by atoms with Crippen molar-refractivity contribution in [2.24, 2.45) is 0 Å². The van der Waals surface area contributed by atoms with Crippen LogP contribution in [0.3, 0.4) is 0 Å². The third-order valence-corrected chi connectivity index (χ3v) is 3.29. The zero-order chi connectivity index (χ0) is 14.4. The second-order valence-corrected chi connectivity index (χ2v) is 5.04. The largest absolute Gasteiger partial charge is 0.312 e. The lowest BCUT2D eigenvalue weighted by atomic mass is 10.1. The van der Waals surface area contributed by atoms with Gasteiger partial charge in [0.25, 0.3) is 0 Å². The van der Waals surface area contributed by atoms with Crippen LogP contribution >= 0.6 is 0 Å². The summed E-state index contributed by atoms with van der Waals surface area (Å²) >= 11 is 0. The van der Waals surface area contributed by atoms with Gasteiger partial charge in [-0.3, -0.25) is 4.79 Å². The maximum absolute atomic E-state index is 12.5. The number of anilines is 1. The van der Waals surface area contributed by atoms with E-state index in [1.807, 2.05) is 47.4 Å². The molecule has 2 aromatic rings. The van der Waals surface area contributed by atoms with E-state index in [2.05, 4.69) is 26.0 Å². The van der Waals surface area contributed by atoms with Crippen LogP contribution in [0.1, 0.15) is 24.5 Å². The Bertz CT molecular complexity index is 545. The molecule has 0 radical (unpaired) electrons. The minimum Gasteiger partial charge on any atom is -0.312 e. The van der Waals surface area contributed by atoms with Crippen LogP contribution in [0, 0.1) is 6.92 Å². The monoisotopic (exact) mass is 267 g/mol. The molecule has 0 aliphatic carbocycles. The molecule has 0 saturated heterocycles. The number of hydrogen-bond acceptors (Lipinski definition) is 1. The van der Waals surface area contributed by atoms with Gasteiger partial charge in [0, 0.05) is 12.2 Å². The molecule has 0 spiro atoms. The maximum atomic E-state index is 12.5. The van der Waals surface area contributed by atoms with Crippen molar-refractivity contribution in [2.75, 3.05) is 11.4 Å². The zero-order valence-electron chi connectivity index (χ0n) is 12.2. The maximum Gasteiger partial charge on any atom is 0.231 e. The van der Waals surface area contributed by atoms with E-state index < -0.39 is 0 Å². The third kappa shape index (κ3) is 3.70. The smallest absolute Gasteiger partial charge is 0.231 e. The first kappa shape index (κ1) is 14.3. The van der Waals surface area contributed by atoms with Gasteiger partial charge in [-0.2, -0.15) is 0 Å². The molecular formula is C18H21NO. The van der Waals surface area contributed by atoms with Gasteiger partial charge in [0.05, 0.1) is 6.42 Å². The van der Waals surface area contributed by atoms with Gasteiger partial charge in [0.15, 0.2) is 0 Å². The zero-order valence-corrected chi connectivity index (χ0v) is 12.2. The summed E-state index contributed by atoms with van der Waals surface area (Å²) in [6.07, 6.45) is 1.41. The molecule has 104 valence electrons. The van der Waals surface area contributed by atoms with Crippen LogP contribution in [0.2, 0.25) is 0 Å². The first-order chi connectivity index (χ1) is 9.70. The van der Waals surface area contributed by atoms with Crippen molar-refractivity contribution in [1.82, 2.24) is 0 Å². The minimum atomic E-state index is 0.155. The summed E-state index contributed by atoms with van der Waals surface area (Å²) in [7, 11) is 0. The number of amides is 1. The molecule has 0 unspecified atom stereocenters. The number of nitrogens with zero attached hydrogens (tertiary/aromatic N) is 1. The Morgan fingerprint density at radius 3 is 2.25 bits per heavy atom. The summed E-state index contributed by atoms with van der Waals surface area (Å²) in [5.41, 5.74) is 3.26. The lowest BCUT2D eigenvalue weighted by molar-refractivity contribution is -0.118. The average Bonchev–Trinajstić information content (AvgIpc) is 2.48. The summed E-state index contributed by atoms with van der Waals surface area (Å²) in [6, 6.07) is 18.0. The molecule has 1 amide bonds. The van der Waals surface area contributed by atoms with Gasteiger partial charge in [-0.25, -0.2) is 0 Å². The van der Waals surface area contributed by atoms with Crippen LogP contribution in [0.15, 0.2) is 54.6 Å². The van der Waals surface area contributed by atoms with Crippen LogP contribution in [0.25, 0.3) is 0 Å². The van der Waals surface area contributed by atoms with E-state index in [4.69, 9.17) is 0 Å². The minimum absolute atomic E-state index is 0.155. The van der Waals surface area contributed by atoms with Crippen molar-refractivity contribution in [3.8, 4) is 0 Å². The number of carbonyl (C=O) groups excluding carboxylic acids is 1. The highest BCUT2D eigenvalue weighted by Crippen LogP contribution is 2.16. The Morgan fingerprint density at radius 1 is 1.00 bits per heavy atom. The van der Waals surface area contributed by atoms with Crippen LogP contribution < -0.4 is 4.90 Å². The first-order valence-electron chi connectivity index (χ1n) is 7.11. The second-order valence-electron chi connectivity index (χ2n) is 5.04. The van der Waals surface area contributed by atoms with Crippen LogP contribution in [-0.2, 0) is 11.2 Å². The van der Waals surface area contributed by atoms with Gasteiger partial charge in [-0.1, -0.05) is 55.0 Å². The van der Waals surface area contributed by atoms with E-state index in [9.17, 15) is 4.79 Å². The highest BCUT2D eigenvalue weighted by Gasteiger charge is 2.14. The van der Waals surface area contributed by atoms with Crippen molar-refractivity contribution in [3.63, 3.8) is 0 Å². The molecule has 0 bridgehead atoms. The number of para-hydroxylation sites is 1. The predicted octanol–water partition coefficient (Wildman–Crippen LogP) is 3.98. The molecule has 0 aliphatic rings. The number of rotatable bonds is 5. The summed E-state index contributed by atoms with van der Waals surface area (Å²) in [4.78, 5) is 14.4. The number of carbonyl (C=O) groups is 1. The lowest BCUT2D eigenvalue weighted by Gasteiger charge is -2.22. The van der Waals surface area contributed by atoms with E-state index in [-0.39, 0.29) is 5.91 Å². The molecule has 2 rings (SSSR count). The van der Waals surface area contributed by atoms with Gasteiger partial charge in [-0.05, 0) is 31.0 Å². The lowest BCUT2D eigenvalue weighted by Crippen LogP contribution is -2.32. The Morgan fingerprint density at radius 2 is 1.65 bits per heavy atom. The fourth-order valence-electron chi connectivity index (χ4n) is 2.21. The molecule has 2 aromatic carbocycles. The number of aryl methyl sites for hydroxylation is 1. The summed E-state index contributed by atoms with van der Waals surface area (Å²) in [5.74, 6) is 0.155. The molecular weight excluding hydrogens is 246 g/mol. The van der Waals surface area contributed by atoms with Crippen LogP contribution in [0.4, 0.5) is 5.69 Å². The molecule has 0 aliphatic heterocycles. The van der Waals surface area contributed by atoms with Crippen molar-refractivity contribution in [1.29, 1.82) is 0 Å². The van der Waals surface area contributed by atoms with E-state index in [0.717, 1.165) is 24.2 Å². The normalized spacial score (nSPS) is 10.3. The Hall–Kier alpha value is -2.09. The number of hydrogen-bond donors (Lipinski definition) is 0. The molecule has 0 fully saturated rings.